The van der Waals surface area contributed by atoms with Crippen LogP contribution in [0.15, 0.2) is 36.4 Å². The highest BCUT2D eigenvalue weighted by molar-refractivity contribution is 5.91. The first-order chi connectivity index (χ1) is 9.38. The Morgan fingerprint density at radius 2 is 1.70 bits per heavy atom. The van der Waals surface area contributed by atoms with Crippen molar-refractivity contribution in [3.63, 3.8) is 0 Å². The molecule has 0 aromatic heterocycles. The predicted molar refractivity (Wildman–Crippen MR) is 81.8 cm³/mol. The summed E-state index contributed by atoms with van der Waals surface area (Å²) < 4.78 is 0. The van der Waals surface area contributed by atoms with Crippen molar-refractivity contribution in [2.24, 2.45) is 0 Å². The van der Waals surface area contributed by atoms with Gasteiger partial charge in [-0.3, -0.25) is 0 Å². The number of nitrogen functional groups attached to an aromatic ring is 1. The molecule has 0 amide bonds. The van der Waals surface area contributed by atoms with E-state index >= 15 is 0 Å². The van der Waals surface area contributed by atoms with Crippen molar-refractivity contribution in [3.05, 3.63) is 53.1 Å². The van der Waals surface area contributed by atoms with Gasteiger partial charge in [-0.05, 0) is 55.3 Å². The minimum atomic E-state index is -0.958. The highest BCUT2D eigenvalue weighted by atomic mass is 16.4. The largest absolute Gasteiger partial charge is 0.478 e. The summed E-state index contributed by atoms with van der Waals surface area (Å²) >= 11 is 0. The summed E-state index contributed by atoms with van der Waals surface area (Å²) in [5.41, 5.74) is 10.7. The van der Waals surface area contributed by atoms with Crippen LogP contribution in [-0.4, -0.2) is 18.1 Å². The van der Waals surface area contributed by atoms with Crippen LogP contribution in [0.3, 0.4) is 0 Å². The van der Waals surface area contributed by atoms with Crippen LogP contribution < -0.4 is 10.6 Å². The molecule has 0 aliphatic carbocycles. The molecule has 2 aromatic rings. The molecule has 3 N–H and O–H groups in total. The third-order valence-electron chi connectivity index (χ3n) is 3.23. The third-order valence-corrected chi connectivity index (χ3v) is 3.23. The first-order valence-electron chi connectivity index (χ1n) is 6.33. The number of aromatic carboxylic acids is 1. The van der Waals surface area contributed by atoms with Gasteiger partial charge in [0.25, 0.3) is 0 Å². The lowest BCUT2D eigenvalue weighted by Crippen LogP contribution is -2.13. The van der Waals surface area contributed by atoms with Crippen LogP contribution in [-0.2, 0) is 0 Å². The Morgan fingerprint density at radius 1 is 1.10 bits per heavy atom. The summed E-state index contributed by atoms with van der Waals surface area (Å²) in [5.74, 6) is -0.958. The maximum absolute atomic E-state index is 11.1. The van der Waals surface area contributed by atoms with Gasteiger partial charge in [-0.1, -0.05) is 6.07 Å². The highest BCUT2D eigenvalue weighted by Gasteiger charge is 2.12. The summed E-state index contributed by atoms with van der Waals surface area (Å²) in [5, 5.41) is 9.08. The molecule has 0 spiro atoms. The van der Waals surface area contributed by atoms with Crippen LogP contribution in [0.25, 0.3) is 0 Å². The van der Waals surface area contributed by atoms with Crippen molar-refractivity contribution in [1.29, 1.82) is 0 Å². The fourth-order valence-electron chi connectivity index (χ4n) is 2.25. The monoisotopic (exact) mass is 270 g/mol. The first-order valence-corrected chi connectivity index (χ1v) is 6.33. The molecular formula is C16H18N2O2. The lowest BCUT2D eigenvalue weighted by Gasteiger charge is -2.22. The molecule has 0 atom stereocenters. The molecule has 0 fully saturated rings. The van der Waals surface area contributed by atoms with Crippen molar-refractivity contribution in [3.8, 4) is 0 Å². The number of hydrogen-bond donors (Lipinski definition) is 2. The van der Waals surface area contributed by atoms with Crippen molar-refractivity contribution in [1.82, 2.24) is 0 Å². The van der Waals surface area contributed by atoms with Crippen molar-refractivity contribution in [2.75, 3.05) is 17.7 Å². The number of nitrogens with two attached hydrogens (primary N) is 1. The van der Waals surface area contributed by atoms with E-state index in [1.54, 1.807) is 12.1 Å². The second-order valence-electron chi connectivity index (χ2n) is 4.98. The molecule has 0 aliphatic rings. The molecule has 0 heterocycles. The Labute approximate surface area is 118 Å². The van der Waals surface area contributed by atoms with Crippen LogP contribution >= 0.6 is 0 Å². The van der Waals surface area contributed by atoms with Gasteiger partial charge in [0.15, 0.2) is 0 Å². The quantitative estimate of drug-likeness (QED) is 0.839. The topological polar surface area (TPSA) is 66.6 Å². The Bertz CT molecular complexity index is 645. The van der Waals surface area contributed by atoms with Crippen molar-refractivity contribution < 1.29 is 9.90 Å². The van der Waals surface area contributed by atoms with Gasteiger partial charge in [-0.25, -0.2) is 4.79 Å². The third kappa shape index (κ3) is 2.74. The number of carboxylic acid groups (broad SMARTS) is 1. The van der Waals surface area contributed by atoms with Gasteiger partial charge in [-0.2, -0.15) is 0 Å². The smallest absolute Gasteiger partial charge is 0.335 e. The van der Waals surface area contributed by atoms with E-state index in [4.69, 9.17) is 10.8 Å². The van der Waals surface area contributed by atoms with Crippen LogP contribution in [0.4, 0.5) is 17.1 Å². The van der Waals surface area contributed by atoms with Crippen molar-refractivity contribution >= 4 is 23.0 Å². The van der Waals surface area contributed by atoms with E-state index in [9.17, 15) is 4.79 Å². The van der Waals surface area contributed by atoms with E-state index in [-0.39, 0.29) is 5.56 Å². The van der Waals surface area contributed by atoms with Gasteiger partial charge in [0.2, 0.25) is 0 Å². The lowest BCUT2D eigenvalue weighted by atomic mass is 10.1. The Kier molecular flexibility index (Phi) is 3.66. The zero-order chi connectivity index (χ0) is 14.9. The van der Waals surface area contributed by atoms with Crippen LogP contribution in [0.2, 0.25) is 0 Å². The molecule has 2 aromatic carbocycles. The SMILES string of the molecule is Cc1cc(C)cc(N(C)c2cc(C(=O)O)ccc2N)c1. The number of anilines is 3. The van der Waals surface area contributed by atoms with Gasteiger partial charge >= 0.3 is 5.97 Å². The number of carboxylic acids is 1. The van der Waals surface area contributed by atoms with E-state index in [1.807, 2.05) is 37.9 Å². The zero-order valence-corrected chi connectivity index (χ0v) is 11.8. The minimum absolute atomic E-state index is 0.227. The summed E-state index contributed by atoms with van der Waals surface area (Å²) in [6.07, 6.45) is 0. The van der Waals surface area contributed by atoms with Gasteiger partial charge in [0.1, 0.15) is 0 Å². The molecule has 2 rings (SSSR count). The van der Waals surface area contributed by atoms with Crippen LogP contribution in [0.5, 0.6) is 0 Å². The standard InChI is InChI=1S/C16H18N2O2/c1-10-6-11(2)8-13(7-10)18(3)15-9-12(16(19)20)4-5-14(15)17/h4-9H,17H2,1-3H3,(H,19,20). The zero-order valence-electron chi connectivity index (χ0n) is 11.8. The van der Waals surface area contributed by atoms with E-state index in [1.165, 1.54) is 6.07 Å². The molecule has 104 valence electrons. The van der Waals surface area contributed by atoms with E-state index in [2.05, 4.69) is 6.07 Å². The Balaban J connectivity index is 2.49. The van der Waals surface area contributed by atoms with E-state index < -0.39 is 5.97 Å². The molecule has 4 heteroatoms. The molecule has 0 unspecified atom stereocenters. The fourth-order valence-corrected chi connectivity index (χ4v) is 2.25. The summed E-state index contributed by atoms with van der Waals surface area (Å²) in [6.45, 7) is 4.06. The second-order valence-corrected chi connectivity index (χ2v) is 4.98. The van der Waals surface area contributed by atoms with Gasteiger partial charge in [0, 0.05) is 12.7 Å². The molecule has 20 heavy (non-hydrogen) atoms. The number of benzene rings is 2. The summed E-state index contributed by atoms with van der Waals surface area (Å²) in [6, 6.07) is 10.9. The molecule has 0 radical (unpaired) electrons. The van der Waals surface area contributed by atoms with E-state index in [0.717, 1.165) is 16.8 Å². The number of hydrogen-bond acceptors (Lipinski definition) is 3. The summed E-state index contributed by atoms with van der Waals surface area (Å²) in [7, 11) is 1.88. The average molecular weight is 270 g/mol. The molecule has 0 saturated heterocycles. The van der Waals surface area contributed by atoms with E-state index in [0.29, 0.717) is 11.4 Å². The minimum Gasteiger partial charge on any atom is -0.478 e. The maximum atomic E-state index is 11.1. The molecule has 0 bridgehead atoms. The fraction of sp³-hybridized carbons (Fsp3) is 0.188. The van der Waals surface area contributed by atoms with Crippen LogP contribution in [0, 0.1) is 13.8 Å². The second kappa shape index (κ2) is 5.25. The number of aryl methyl sites for hydroxylation is 2. The number of carbonyl (C=O) groups is 1. The van der Waals surface area contributed by atoms with Gasteiger partial charge in [0.05, 0.1) is 16.9 Å². The summed E-state index contributed by atoms with van der Waals surface area (Å²) in [4.78, 5) is 13.0. The van der Waals surface area contributed by atoms with Crippen LogP contribution in [0.1, 0.15) is 21.5 Å². The lowest BCUT2D eigenvalue weighted by molar-refractivity contribution is 0.0697. The maximum Gasteiger partial charge on any atom is 0.335 e. The predicted octanol–water partition coefficient (Wildman–Crippen LogP) is 3.35. The molecular weight excluding hydrogens is 252 g/mol. The Morgan fingerprint density at radius 3 is 2.25 bits per heavy atom. The highest BCUT2D eigenvalue weighted by Crippen LogP contribution is 2.31. The van der Waals surface area contributed by atoms with Gasteiger partial charge in [-0.15, -0.1) is 0 Å². The Hall–Kier alpha value is -2.49. The van der Waals surface area contributed by atoms with Crippen molar-refractivity contribution in [2.45, 2.75) is 13.8 Å². The average Bonchev–Trinajstić information content (AvgIpc) is 2.37. The first kappa shape index (κ1) is 13.9. The molecule has 0 aliphatic heterocycles. The van der Waals surface area contributed by atoms with Gasteiger partial charge < -0.3 is 15.7 Å². The number of rotatable bonds is 3. The normalized spacial score (nSPS) is 10.3. The number of nitrogens with zero attached hydrogens (tertiary/aromatic N) is 1. The molecule has 4 nitrogen and oxygen atoms in total. The molecule has 0 saturated carbocycles.